The van der Waals surface area contributed by atoms with Crippen molar-refractivity contribution < 1.29 is 13.7 Å². The predicted molar refractivity (Wildman–Crippen MR) is 158 cm³/mol. The molecule has 1 saturated heterocycles. The standard InChI is InChI=1S/C30H35ClFN5O2S/c1-3-21(22-6-8-23(31)9-7-22)14-16-36(2)30-34-26-15-17-40(39)28(26)29(35-30)33-25-12-13-27(38)37(19-25)18-20-4-10-24(32)11-5-20/h4-11,21,25H,3,12-19H2,1-2H3,(H,33,34,35)/t21?,25-,40?/m0/s1. The highest BCUT2D eigenvalue weighted by Crippen LogP contribution is 2.34. The number of anilines is 2. The second-order valence-corrected chi connectivity index (χ2v) is 12.5. The molecule has 0 aliphatic carbocycles. The van der Waals surface area contributed by atoms with Crippen LogP contribution in [-0.2, 0) is 28.9 Å². The van der Waals surface area contributed by atoms with Gasteiger partial charge in [-0.2, -0.15) is 4.98 Å². The Bertz CT molecular complexity index is 1330. The summed E-state index contributed by atoms with van der Waals surface area (Å²) in [6.45, 7) is 3.87. The van der Waals surface area contributed by atoms with Crippen molar-refractivity contribution in [3.63, 3.8) is 0 Å². The number of carbonyl (C=O) groups is 1. The predicted octanol–water partition coefficient (Wildman–Crippen LogP) is 5.56. The summed E-state index contributed by atoms with van der Waals surface area (Å²) in [5.74, 6) is 1.93. The van der Waals surface area contributed by atoms with Gasteiger partial charge in [0.05, 0.1) is 0 Å². The number of benzene rings is 2. The quantitative estimate of drug-likeness (QED) is 0.315. The van der Waals surface area contributed by atoms with Crippen molar-refractivity contribution in [2.75, 3.05) is 36.1 Å². The van der Waals surface area contributed by atoms with Gasteiger partial charge in [0.1, 0.15) is 17.3 Å². The summed E-state index contributed by atoms with van der Waals surface area (Å²) in [6.07, 6.45) is 3.68. The molecule has 1 amide bonds. The van der Waals surface area contributed by atoms with Gasteiger partial charge in [-0.3, -0.25) is 4.79 Å². The molecule has 10 heteroatoms. The lowest BCUT2D eigenvalue weighted by Gasteiger charge is -2.33. The van der Waals surface area contributed by atoms with Gasteiger partial charge in [-0.15, -0.1) is 0 Å². The number of piperidine rings is 1. The molecule has 5 rings (SSSR count). The van der Waals surface area contributed by atoms with E-state index < -0.39 is 11.2 Å². The SMILES string of the molecule is CCC(CCN(C)c1nc2c(c(N[C@H]3CCC(=O)N(Cc4ccc(F)cc4)C3)n1)[S+]([O-])CC2)c1ccc(Cl)cc1. The topological polar surface area (TPSA) is 84.4 Å². The number of hydrogen-bond acceptors (Lipinski definition) is 6. The van der Waals surface area contributed by atoms with Crippen LogP contribution in [0.15, 0.2) is 53.4 Å². The number of rotatable bonds is 10. The lowest BCUT2D eigenvalue weighted by atomic mass is 9.93. The Morgan fingerprint density at radius 2 is 1.93 bits per heavy atom. The van der Waals surface area contributed by atoms with E-state index in [-0.39, 0.29) is 17.8 Å². The van der Waals surface area contributed by atoms with Crippen LogP contribution >= 0.6 is 11.6 Å². The Kier molecular flexibility index (Phi) is 9.13. The number of aromatic nitrogens is 2. The normalized spacial score (nSPS) is 19.4. The first-order chi connectivity index (χ1) is 19.3. The van der Waals surface area contributed by atoms with Crippen LogP contribution in [0.25, 0.3) is 0 Å². The van der Waals surface area contributed by atoms with Gasteiger partial charge in [-0.1, -0.05) is 42.8 Å². The Hall–Kier alpha value is -2.88. The van der Waals surface area contributed by atoms with Gasteiger partial charge in [0.2, 0.25) is 16.8 Å². The number of likely N-dealkylation sites (tertiary alicyclic amines) is 1. The molecule has 3 atom stereocenters. The zero-order valence-corrected chi connectivity index (χ0v) is 24.5. The molecule has 212 valence electrons. The fourth-order valence-corrected chi connectivity index (χ4v) is 6.87. The van der Waals surface area contributed by atoms with Crippen LogP contribution < -0.4 is 10.2 Å². The maximum atomic E-state index is 13.3. The highest BCUT2D eigenvalue weighted by molar-refractivity contribution is 7.91. The van der Waals surface area contributed by atoms with Crippen LogP contribution in [0.4, 0.5) is 16.2 Å². The molecule has 7 nitrogen and oxygen atoms in total. The van der Waals surface area contributed by atoms with Crippen molar-refractivity contribution in [3.05, 3.63) is 76.2 Å². The molecule has 40 heavy (non-hydrogen) atoms. The summed E-state index contributed by atoms with van der Waals surface area (Å²) in [5.41, 5.74) is 2.98. The number of carbonyl (C=O) groups excluding carboxylic acids is 1. The van der Waals surface area contributed by atoms with E-state index in [0.717, 1.165) is 35.7 Å². The number of amides is 1. The average Bonchev–Trinajstić information content (AvgIpc) is 3.33. The van der Waals surface area contributed by atoms with E-state index >= 15 is 0 Å². The van der Waals surface area contributed by atoms with Crippen molar-refractivity contribution in [3.8, 4) is 0 Å². The Balaban J connectivity index is 1.29. The Morgan fingerprint density at radius 3 is 2.65 bits per heavy atom. The van der Waals surface area contributed by atoms with Gasteiger partial charge in [-0.05, 0) is 71.7 Å². The molecule has 3 heterocycles. The number of hydrogen-bond donors (Lipinski definition) is 1. The van der Waals surface area contributed by atoms with Gasteiger partial charge < -0.3 is 19.7 Å². The third kappa shape index (κ3) is 6.70. The van der Waals surface area contributed by atoms with Crippen molar-refractivity contribution in [2.24, 2.45) is 0 Å². The molecule has 2 aliphatic heterocycles. The maximum absolute atomic E-state index is 13.3. The number of nitrogens with one attached hydrogen (secondary N) is 1. The first-order valence-electron chi connectivity index (χ1n) is 13.8. The second-order valence-electron chi connectivity index (χ2n) is 10.6. The molecule has 0 spiro atoms. The maximum Gasteiger partial charge on any atom is 0.227 e. The van der Waals surface area contributed by atoms with Crippen LogP contribution in [0.3, 0.4) is 0 Å². The summed E-state index contributed by atoms with van der Waals surface area (Å²) < 4.78 is 26.2. The van der Waals surface area contributed by atoms with E-state index in [4.69, 9.17) is 21.6 Å². The van der Waals surface area contributed by atoms with Crippen molar-refractivity contribution in [1.82, 2.24) is 14.9 Å². The lowest BCUT2D eigenvalue weighted by molar-refractivity contribution is -0.134. The van der Waals surface area contributed by atoms with E-state index in [1.54, 1.807) is 17.0 Å². The number of aryl methyl sites for hydroxylation is 1. The minimum Gasteiger partial charge on any atom is -0.611 e. The molecular weight excluding hydrogens is 549 g/mol. The number of halogens is 2. The summed E-state index contributed by atoms with van der Waals surface area (Å²) in [6, 6.07) is 14.3. The van der Waals surface area contributed by atoms with Gasteiger partial charge in [-0.25, -0.2) is 9.37 Å². The second kappa shape index (κ2) is 12.7. The van der Waals surface area contributed by atoms with E-state index in [1.807, 2.05) is 19.2 Å². The first kappa shape index (κ1) is 28.6. The molecule has 1 N–H and O–H groups in total. The van der Waals surface area contributed by atoms with Crippen LogP contribution in [0.1, 0.15) is 55.3 Å². The smallest absolute Gasteiger partial charge is 0.227 e. The number of nitrogens with zero attached hydrogens (tertiary/aromatic N) is 4. The monoisotopic (exact) mass is 583 g/mol. The van der Waals surface area contributed by atoms with E-state index in [0.29, 0.717) is 60.7 Å². The lowest BCUT2D eigenvalue weighted by Crippen LogP contribution is -2.45. The molecular formula is C30H35ClFN5O2S. The van der Waals surface area contributed by atoms with Crippen LogP contribution in [0, 0.1) is 5.82 Å². The third-order valence-corrected chi connectivity index (χ3v) is 9.50. The molecule has 2 aromatic carbocycles. The Labute approximate surface area is 243 Å². The van der Waals surface area contributed by atoms with Gasteiger partial charge in [0.25, 0.3) is 0 Å². The fraction of sp³-hybridized carbons (Fsp3) is 0.433. The zero-order chi connectivity index (χ0) is 28.2. The molecule has 1 aromatic heterocycles. The van der Waals surface area contributed by atoms with Crippen molar-refractivity contribution in [2.45, 2.75) is 62.4 Å². The Morgan fingerprint density at radius 1 is 1.18 bits per heavy atom. The molecule has 2 aliphatic rings. The molecule has 0 saturated carbocycles. The van der Waals surface area contributed by atoms with Crippen molar-refractivity contribution in [1.29, 1.82) is 0 Å². The highest BCUT2D eigenvalue weighted by atomic mass is 35.5. The molecule has 0 radical (unpaired) electrons. The van der Waals surface area contributed by atoms with E-state index in [1.165, 1.54) is 17.7 Å². The summed E-state index contributed by atoms with van der Waals surface area (Å²) in [7, 11) is 2.00. The summed E-state index contributed by atoms with van der Waals surface area (Å²) >= 11 is 4.92. The van der Waals surface area contributed by atoms with Crippen LogP contribution in [0.2, 0.25) is 5.02 Å². The zero-order valence-electron chi connectivity index (χ0n) is 22.9. The van der Waals surface area contributed by atoms with Crippen molar-refractivity contribution >= 4 is 40.5 Å². The van der Waals surface area contributed by atoms with E-state index in [9.17, 15) is 13.7 Å². The van der Waals surface area contributed by atoms with Crippen LogP contribution in [0.5, 0.6) is 0 Å². The van der Waals surface area contributed by atoms with E-state index in [2.05, 4.69) is 29.3 Å². The van der Waals surface area contributed by atoms with Crippen LogP contribution in [-0.4, -0.2) is 57.3 Å². The third-order valence-electron chi connectivity index (χ3n) is 7.79. The largest absolute Gasteiger partial charge is 0.611 e. The van der Waals surface area contributed by atoms with Gasteiger partial charge in [0, 0.05) is 50.6 Å². The number of fused-ring (bicyclic) bond motifs is 1. The minimum atomic E-state index is -1.16. The summed E-state index contributed by atoms with van der Waals surface area (Å²) in [5, 5.41) is 4.26. The average molecular weight is 584 g/mol. The fourth-order valence-electron chi connectivity index (χ4n) is 5.43. The highest BCUT2D eigenvalue weighted by Gasteiger charge is 2.34. The minimum absolute atomic E-state index is 0.0396. The molecule has 2 unspecified atom stereocenters. The molecule has 0 bridgehead atoms. The van der Waals surface area contributed by atoms with Gasteiger partial charge in [0.15, 0.2) is 5.82 Å². The molecule has 3 aromatic rings. The van der Waals surface area contributed by atoms with Gasteiger partial charge >= 0.3 is 0 Å². The summed E-state index contributed by atoms with van der Waals surface area (Å²) in [4.78, 5) is 26.9. The molecule has 1 fully saturated rings. The first-order valence-corrected chi connectivity index (χ1v) is 15.5.